The number of hydrogen-bond acceptors (Lipinski definition) is 3. The first-order valence-electron chi connectivity index (χ1n) is 8.65. The summed E-state index contributed by atoms with van der Waals surface area (Å²) in [6.45, 7) is 0. The Bertz CT molecular complexity index is 984. The van der Waals surface area contributed by atoms with Crippen LogP contribution in [0.4, 0.5) is 5.69 Å². The second kappa shape index (κ2) is 6.97. The summed E-state index contributed by atoms with van der Waals surface area (Å²) < 4.78 is 0. The molecular weight excluding hydrogens is 362 g/mol. The monoisotopic (exact) mass is 377 g/mol. The van der Waals surface area contributed by atoms with Gasteiger partial charge in [0, 0.05) is 40.5 Å². The molecule has 0 heterocycles. The predicted molar refractivity (Wildman–Crippen MR) is 104 cm³/mol. The number of nitrogens with zero attached hydrogens (tertiary/aromatic N) is 1. The fourth-order valence-electron chi connectivity index (χ4n) is 3.76. The van der Waals surface area contributed by atoms with Gasteiger partial charge in [-0.15, -0.1) is 0 Å². The molecule has 0 amide bonds. The number of rotatable bonds is 5. The molecule has 1 aliphatic carbocycles. The number of nitro benzene ring substituents is 1. The van der Waals surface area contributed by atoms with E-state index in [2.05, 4.69) is 0 Å². The molecule has 5 heteroatoms. The molecular formula is C22H16ClNO3. The van der Waals surface area contributed by atoms with Crippen molar-refractivity contribution in [2.24, 2.45) is 5.92 Å². The van der Waals surface area contributed by atoms with Crippen molar-refractivity contribution >= 4 is 23.1 Å². The molecule has 0 saturated heterocycles. The van der Waals surface area contributed by atoms with Crippen LogP contribution >= 0.6 is 11.6 Å². The molecule has 0 spiro atoms. The Morgan fingerprint density at radius 2 is 1.33 bits per heavy atom. The second-order valence-corrected chi connectivity index (χ2v) is 7.14. The molecule has 3 aromatic carbocycles. The lowest BCUT2D eigenvalue weighted by molar-refractivity contribution is -0.384. The third-order valence-corrected chi connectivity index (χ3v) is 5.38. The van der Waals surface area contributed by atoms with Crippen LogP contribution in [0.25, 0.3) is 0 Å². The number of ketones is 1. The Morgan fingerprint density at radius 3 is 1.85 bits per heavy atom. The van der Waals surface area contributed by atoms with E-state index in [1.165, 1.54) is 12.1 Å². The highest BCUT2D eigenvalue weighted by atomic mass is 35.5. The van der Waals surface area contributed by atoms with Crippen LogP contribution in [-0.2, 0) is 0 Å². The molecule has 134 valence electrons. The van der Waals surface area contributed by atoms with Crippen molar-refractivity contribution in [3.63, 3.8) is 0 Å². The quantitative estimate of drug-likeness (QED) is 0.329. The van der Waals surface area contributed by atoms with Crippen LogP contribution in [0.3, 0.4) is 0 Å². The molecule has 0 radical (unpaired) electrons. The molecule has 4 nitrogen and oxygen atoms in total. The van der Waals surface area contributed by atoms with E-state index in [1.807, 2.05) is 54.6 Å². The Labute approximate surface area is 161 Å². The summed E-state index contributed by atoms with van der Waals surface area (Å²) >= 11 is 6.00. The van der Waals surface area contributed by atoms with Crippen LogP contribution in [0.2, 0.25) is 5.02 Å². The molecule has 1 saturated carbocycles. The average molecular weight is 378 g/mol. The highest BCUT2D eigenvalue weighted by Gasteiger charge is 2.55. The maximum atomic E-state index is 13.1. The first kappa shape index (κ1) is 17.4. The Hall–Kier alpha value is -2.98. The Balaban J connectivity index is 1.69. The number of hydrogen-bond donors (Lipinski definition) is 0. The molecule has 3 aromatic rings. The molecule has 0 unspecified atom stereocenters. The van der Waals surface area contributed by atoms with E-state index in [0.717, 1.165) is 11.1 Å². The van der Waals surface area contributed by atoms with E-state index in [9.17, 15) is 14.9 Å². The minimum Gasteiger partial charge on any atom is -0.294 e. The predicted octanol–water partition coefficient (Wildman–Crippen LogP) is 5.63. The first-order chi connectivity index (χ1) is 13.1. The summed E-state index contributed by atoms with van der Waals surface area (Å²) in [7, 11) is 0. The second-order valence-electron chi connectivity index (χ2n) is 6.71. The number of benzene rings is 3. The third kappa shape index (κ3) is 3.36. The molecule has 0 aromatic heterocycles. The van der Waals surface area contributed by atoms with Crippen molar-refractivity contribution in [3.8, 4) is 0 Å². The highest BCUT2D eigenvalue weighted by Crippen LogP contribution is 2.61. The van der Waals surface area contributed by atoms with Gasteiger partial charge in [0.15, 0.2) is 5.78 Å². The molecule has 0 bridgehead atoms. The van der Waals surface area contributed by atoms with Gasteiger partial charge in [0.05, 0.1) is 4.92 Å². The number of halogens is 1. The summed E-state index contributed by atoms with van der Waals surface area (Å²) in [6.07, 6.45) is 0. The van der Waals surface area contributed by atoms with Gasteiger partial charge in [-0.2, -0.15) is 0 Å². The maximum absolute atomic E-state index is 13.1. The smallest absolute Gasteiger partial charge is 0.269 e. The van der Waals surface area contributed by atoms with Gasteiger partial charge < -0.3 is 0 Å². The number of non-ortho nitro benzene ring substituents is 1. The summed E-state index contributed by atoms with van der Waals surface area (Å²) in [5.41, 5.74) is 2.73. The zero-order chi connectivity index (χ0) is 19.0. The van der Waals surface area contributed by atoms with Crippen molar-refractivity contribution in [1.82, 2.24) is 0 Å². The Morgan fingerprint density at radius 1 is 0.815 bits per heavy atom. The standard InChI is InChI=1S/C22H16ClNO3/c23-17-10-6-14(7-11-17)19-20(15-8-12-18(13-9-15)24(26)27)21(19)22(25)16-4-2-1-3-5-16/h1-13,19-21H/t19-,20+,21+/m0/s1. The largest absolute Gasteiger partial charge is 0.294 e. The zero-order valence-corrected chi connectivity index (χ0v) is 15.0. The Kier molecular flexibility index (Phi) is 4.50. The third-order valence-electron chi connectivity index (χ3n) is 5.12. The van der Waals surface area contributed by atoms with Crippen LogP contribution in [0, 0.1) is 16.0 Å². The minimum absolute atomic E-state index is 0.000291. The van der Waals surface area contributed by atoms with Gasteiger partial charge in [-0.25, -0.2) is 0 Å². The van der Waals surface area contributed by atoms with Crippen LogP contribution in [0.15, 0.2) is 78.9 Å². The average Bonchev–Trinajstić information content (AvgIpc) is 3.44. The molecule has 1 fully saturated rings. The molecule has 0 N–H and O–H groups in total. The summed E-state index contributed by atoms with van der Waals surface area (Å²) in [5.74, 6) is -0.0509. The van der Waals surface area contributed by atoms with Crippen molar-refractivity contribution in [2.75, 3.05) is 0 Å². The van der Waals surface area contributed by atoms with Crippen LogP contribution in [0.5, 0.6) is 0 Å². The number of Topliss-reactive ketones (excluding diaryl/α,β-unsaturated/α-hetero) is 1. The topological polar surface area (TPSA) is 60.2 Å². The van der Waals surface area contributed by atoms with Gasteiger partial charge >= 0.3 is 0 Å². The number of carbonyl (C=O) groups is 1. The lowest BCUT2D eigenvalue weighted by Gasteiger charge is -2.01. The lowest BCUT2D eigenvalue weighted by atomic mass is 10.0. The van der Waals surface area contributed by atoms with Crippen LogP contribution in [-0.4, -0.2) is 10.7 Å². The zero-order valence-electron chi connectivity index (χ0n) is 14.3. The van der Waals surface area contributed by atoms with Crippen molar-refractivity contribution < 1.29 is 9.72 Å². The van der Waals surface area contributed by atoms with E-state index in [0.29, 0.717) is 10.6 Å². The van der Waals surface area contributed by atoms with Gasteiger partial charge in [0.1, 0.15) is 0 Å². The van der Waals surface area contributed by atoms with Crippen molar-refractivity contribution in [2.45, 2.75) is 11.8 Å². The van der Waals surface area contributed by atoms with E-state index < -0.39 is 4.92 Å². The summed E-state index contributed by atoms with van der Waals surface area (Å²) in [6, 6.07) is 23.3. The van der Waals surface area contributed by atoms with Gasteiger partial charge in [-0.1, -0.05) is 66.2 Å². The SMILES string of the molecule is O=C(c1ccccc1)[C@@H]1[C@@H](c2ccc(Cl)cc2)[C@H]1c1ccc([N+](=O)[O-])cc1. The first-order valence-corrected chi connectivity index (χ1v) is 9.03. The molecule has 27 heavy (non-hydrogen) atoms. The van der Waals surface area contributed by atoms with Gasteiger partial charge in [-0.05, 0) is 23.3 Å². The van der Waals surface area contributed by atoms with Crippen LogP contribution < -0.4 is 0 Å². The van der Waals surface area contributed by atoms with Gasteiger partial charge in [0.25, 0.3) is 5.69 Å². The van der Waals surface area contributed by atoms with Crippen molar-refractivity contribution in [1.29, 1.82) is 0 Å². The fraction of sp³-hybridized carbons (Fsp3) is 0.136. The normalized spacial score (nSPS) is 20.9. The van der Waals surface area contributed by atoms with Gasteiger partial charge in [-0.3, -0.25) is 14.9 Å². The van der Waals surface area contributed by atoms with E-state index in [4.69, 9.17) is 11.6 Å². The molecule has 1 aliphatic rings. The molecule has 3 atom stereocenters. The number of nitro groups is 1. The summed E-state index contributed by atoms with van der Waals surface area (Å²) in [4.78, 5) is 23.6. The number of carbonyl (C=O) groups excluding carboxylic acids is 1. The van der Waals surface area contributed by atoms with E-state index >= 15 is 0 Å². The summed E-state index contributed by atoms with van der Waals surface area (Å²) in [5, 5.41) is 11.6. The van der Waals surface area contributed by atoms with Crippen molar-refractivity contribution in [3.05, 3.63) is 111 Å². The molecule has 4 rings (SSSR count). The lowest BCUT2D eigenvalue weighted by Crippen LogP contribution is -2.04. The minimum atomic E-state index is -0.417. The van der Waals surface area contributed by atoms with E-state index in [-0.39, 0.29) is 29.2 Å². The van der Waals surface area contributed by atoms with E-state index in [1.54, 1.807) is 12.1 Å². The fourth-order valence-corrected chi connectivity index (χ4v) is 3.89. The highest BCUT2D eigenvalue weighted by molar-refractivity contribution is 6.30. The maximum Gasteiger partial charge on any atom is 0.269 e. The van der Waals surface area contributed by atoms with Crippen LogP contribution in [0.1, 0.15) is 33.3 Å². The van der Waals surface area contributed by atoms with Gasteiger partial charge in [0.2, 0.25) is 0 Å². The molecule has 0 aliphatic heterocycles.